The second-order valence-electron chi connectivity index (χ2n) is 6.52. The number of benzene rings is 1. The summed E-state index contributed by atoms with van der Waals surface area (Å²) in [5.41, 5.74) is 7.68. The maximum atomic E-state index is 12.5. The number of hydrogen-bond donors (Lipinski definition) is 1. The average Bonchev–Trinajstić information content (AvgIpc) is 3.09. The molecule has 4 rings (SSSR count). The molecule has 0 unspecified atom stereocenters. The first-order valence-electron chi connectivity index (χ1n) is 8.83. The van der Waals surface area contributed by atoms with E-state index in [1.807, 2.05) is 40.1 Å². The number of piperazine rings is 1. The largest absolute Gasteiger partial charge is 0.383 e. The summed E-state index contributed by atoms with van der Waals surface area (Å²) in [4.78, 5) is 25.6. The van der Waals surface area contributed by atoms with Gasteiger partial charge >= 0.3 is 0 Å². The molecule has 1 aromatic carbocycles. The van der Waals surface area contributed by atoms with Gasteiger partial charge in [0.2, 0.25) is 5.91 Å². The first-order valence-corrected chi connectivity index (χ1v) is 10.0. The van der Waals surface area contributed by atoms with Gasteiger partial charge in [-0.1, -0.05) is 23.6 Å². The summed E-state index contributed by atoms with van der Waals surface area (Å²) in [5, 5.41) is 0.824. The van der Waals surface area contributed by atoms with Gasteiger partial charge in [0.05, 0.1) is 9.85 Å². The van der Waals surface area contributed by atoms with Crippen LogP contribution >= 0.6 is 22.9 Å². The van der Waals surface area contributed by atoms with Crippen LogP contribution in [0.4, 0.5) is 5.82 Å². The van der Waals surface area contributed by atoms with E-state index in [0.29, 0.717) is 31.9 Å². The number of carbonyl (C=O) groups excluding carboxylic acids is 1. The summed E-state index contributed by atoms with van der Waals surface area (Å²) in [6.45, 7) is 2.23. The lowest BCUT2D eigenvalue weighted by atomic mass is 10.1. The van der Waals surface area contributed by atoms with E-state index in [9.17, 15) is 4.79 Å². The molecule has 0 aliphatic carbocycles. The molecule has 3 aromatic rings. The molecule has 1 aliphatic rings. The number of fused-ring (bicyclic) bond motifs is 1. The highest BCUT2D eigenvalue weighted by atomic mass is 35.5. The standard InChI is InChI=1S/C20H18ClN5OS/c21-18-6-4-15(28-18)2-1-7-25-8-9-26(19(27)12-25)11-14-3-5-16-17(10-14)23-13-24-20(16)22/h3-6,10,13H,2,8-9,11-12H2,(H2,22,23,24). The monoisotopic (exact) mass is 411 g/mol. The molecule has 3 heterocycles. The molecule has 1 saturated heterocycles. The number of nitrogens with zero attached hydrogens (tertiary/aromatic N) is 4. The molecule has 0 atom stereocenters. The third-order valence-electron chi connectivity index (χ3n) is 4.55. The van der Waals surface area contributed by atoms with Gasteiger partial charge in [0, 0.05) is 42.4 Å². The van der Waals surface area contributed by atoms with E-state index in [1.54, 1.807) is 0 Å². The number of aromatic nitrogens is 2. The Morgan fingerprint density at radius 2 is 2.11 bits per heavy atom. The van der Waals surface area contributed by atoms with Gasteiger partial charge < -0.3 is 15.5 Å². The molecule has 2 aromatic heterocycles. The van der Waals surface area contributed by atoms with E-state index in [-0.39, 0.29) is 5.91 Å². The van der Waals surface area contributed by atoms with Crippen LogP contribution < -0.4 is 5.73 Å². The molecular weight excluding hydrogens is 394 g/mol. The van der Waals surface area contributed by atoms with Crippen molar-refractivity contribution in [3.05, 3.63) is 51.4 Å². The number of rotatable bonds is 3. The van der Waals surface area contributed by atoms with E-state index in [1.165, 1.54) is 17.7 Å². The Morgan fingerprint density at radius 1 is 1.21 bits per heavy atom. The van der Waals surface area contributed by atoms with E-state index < -0.39 is 0 Å². The molecule has 6 nitrogen and oxygen atoms in total. The Hall–Kier alpha value is -2.82. The Labute approximate surface area is 171 Å². The zero-order valence-electron chi connectivity index (χ0n) is 15.1. The summed E-state index contributed by atoms with van der Waals surface area (Å²) in [5.74, 6) is 3.66. The van der Waals surface area contributed by atoms with Crippen LogP contribution in [0.5, 0.6) is 0 Å². The van der Waals surface area contributed by atoms with Crippen molar-refractivity contribution < 1.29 is 4.79 Å². The van der Waals surface area contributed by atoms with Crippen LogP contribution in [0.15, 0.2) is 36.7 Å². The first-order chi connectivity index (χ1) is 13.6. The molecule has 142 valence electrons. The summed E-state index contributed by atoms with van der Waals surface area (Å²) in [6, 6.07) is 12.8. The van der Waals surface area contributed by atoms with Crippen LogP contribution in [-0.4, -0.2) is 45.3 Å². The lowest BCUT2D eigenvalue weighted by molar-refractivity contribution is -0.135. The topological polar surface area (TPSA) is 75.3 Å². The van der Waals surface area contributed by atoms with Crippen LogP contribution in [0.1, 0.15) is 10.4 Å². The zero-order chi connectivity index (χ0) is 19.5. The predicted molar refractivity (Wildman–Crippen MR) is 112 cm³/mol. The SMILES string of the molecule is Nc1ncnc2cc(CN3CCN(C#CCc4ccc(Cl)s4)CC3=O)ccc12. The van der Waals surface area contributed by atoms with Gasteiger partial charge in [-0.05, 0) is 29.8 Å². The quantitative estimate of drug-likeness (QED) is 0.671. The van der Waals surface area contributed by atoms with Gasteiger partial charge in [-0.3, -0.25) is 4.79 Å². The number of amides is 1. The third kappa shape index (κ3) is 4.19. The molecule has 0 bridgehead atoms. The lowest BCUT2D eigenvalue weighted by Crippen LogP contribution is -2.48. The number of hydrogen-bond acceptors (Lipinski definition) is 6. The second kappa shape index (κ2) is 8.05. The number of anilines is 1. The molecule has 1 fully saturated rings. The van der Waals surface area contributed by atoms with Crippen molar-refractivity contribution in [2.24, 2.45) is 0 Å². The predicted octanol–water partition coefficient (Wildman–Crippen LogP) is 2.77. The molecule has 0 radical (unpaired) electrons. The van der Waals surface area contributed by atoms with Crippen LogP contribution in [0, 0.1) is 12.0 Å². The van der Waals surface area contributed by atoms with Crippen molar-refractivity contribution in [2.75, 3.05) is 25.4 Å². The van der Waals surface area contributed by atoms with Crippen LogP contribution in [0.25, 0.3) is 10.9 Å². The second-order valence-corrected chi connectivity index (χ2v) is 8.32. The number of nitrogen functional groups attached to an aromatic ring is 1. The molecule has 28 heavy (non-hydrogen) atoms. The fourth-order valence-corrected chi connectivity index (χ4v) is 4.13. The minimum atomic E-state index is 0.0713. The Balaban J connectivity index is 1.36. The Bertz CT molecular complexity index is 1090. The van der Waals surface area contributed by atoms with Crippen LogP contribution in [0.3, 0.4) is 0 Å². The van der Waals surface area contributed by atoms with Crippen molar-refractivity contribution in [3.8, 4) is 12.0 Å². The number of carbonyl (C=O) groups is 1. The minimum absolute atomic E-state index is 0.0713. The lowest BCUT2D eigenvalue weighted by Gasteiger charge is -2.32. The van der Waals surface area contributed by atoms with Crippen molar-refractivity contribution in [3.63, 3.8) is 0 Å². The van der Waals surface area contributed by atoms with Crippen LogP contribution in [0.2, 0.25) is 4.34 Å². The summed E-state index contributed by atoms with van der Waals surface area (Å²) in [7, 11) is 0. The third-order valence-corrected chi connectivity index (χ3v) is 5.78. The van der Waals surface area contributed by atoms with Gasteiger partial charge in [0.1, 0.15) is 18.7 Å². The smallest absolute Gasteiger partial charge is 0.243 e. The van der Waals surface area contributed by atoms with Crippen molar-refractivity contribution in [1.82, 2.24) is 19.8 Å². The summed E-state index contributed by atoms with van der Waals surface area (Å²) in [6.07, 6.45) is 2.10. The van der Waals surface area contributed by atoms with E-state index in [2.05, 4.69) is 21.9 Å². The Morgan fingerprint density at radius 3 is 2.89 bits per heavy atom. The number of halogens is 1. The molecule has 0 saturated carbocycles. The highest BCUT2D eigenvalue weighted by molar-refractivity contribution is 7.16. The minimum Gasteiger partial charge on any atom is -0.383 e. The van der Waals surface area contributed by atoms with Crippen LogP contribution in [-0.2, 0) is 17.8 Å². The molecular formula is C20H18ClN5OS. The maximum absolute atomic E-state index is 12.5. The summed E-state index contributed by atoms with van der Waals surface area (Å²) < 4.78 is 0.767. The van der Waals surface area contributed by atoms with E-state index >= 15 is 0 Å². The zero-order valence-corrected chi connectivity index (χ0v) is 16.6. The molecule has 8 heteroatoms. The number of nitrogens with two attached hydrogens (primary N) is 1. The summed E-state index contributed by atoms with van der Waals surface area (Å²) >= 11 is 7.46. The molecule has 0 spiro atoms. The highest BCUT2D eigenvalue weighted by Gasteiger charge is 2.22. The molecule has 1 amide bonds. The average molecular weight is 412 g/mol. The molecule has 1 aliphatic heterocycles. The Kier molecular flexibility index (Phi) is 5.33. The van der Waals surface area contributed by atoms with Crippen molar-refractivity contribution >= 4 is 45.6 Å². The van der Waals surface area contributed by atoms with Gasteiger partial charge in [-0.15, -0.1) is 11.3 Å². The first kappa shape index (κ1) is 18.5. The van der Waals surface area contributed by atoms with Crippen molar-refractivity contribution in [1.29, 1.82) is 0 Å². The fourth-order valence-electron chi connectivity index (χ4n) is 3.10. The van der Waals surface area contributed by atoms with Gasteiger partial charge in [0.15, 0.2) is 0 Å². The van der Waals surface area contributed by atoms with Gasteiger partial charge in [-0.2, -0.15) is 0 Å². The van der Waals surface area contributed by atoms with E-state index in [4.69, 9.17) is 17.3 Å². The maximum Gasteiger partial charge on any atom is 0.243 e. The molecule has 2 N–H and O–H groups in total. The normalized spacial score (nSPS) is 14.2. The van der Waals surface area contributed by atoms with Crippen molar-refractivity contribution in [2.45, 2.75) is 13.0 Å². The number of thiophene rings is 1. The van der Waals surface area contributed by atoms with E-state index in [0.717, 1.165) is 32.2 Å². The van der Waals surface area contributed by atoms with Gasteiger partial charge in [0.25, 0.3) is 0 Å². The van der Waals surface area contributed by atoms with Gasteiger partial charge in [-0.25, -0.2) is 9.97 Å². The highest BCUT2D eigenvalue weighted by Crippen LogP contribution is 2.21. The fraction of sp³-hybridized carbons (Fsp3) is 0.250.